The van der Waals surface area contributed by atoms with Crippen molar-refractivity contribution in [3.05, 3.63) is 41.5 Å². The van der Waals surface area contributed by atoms with Gasteiger partial charge in [-0.2, -0.15) is 0 Å². The minimum Gasteiger partial charge on any atom is -0.338 e. The molecule has 2 saturated heterocycles. The summed E-state index contributed by atoms with van der Waals surface area (Å²) < 4.78 is 0. The van der Waals surface area contributed by atoms with E-state index in [1.807, 2.05) is 38.1 Å². The van der Waals surface area contributed by atoms with E-state index in [9.17, 15) is 14.4 Å². The summed E-state index contributed by atoms with van der Waals surface area (Å²) in [5.41, 5.74) is 2.61. The number of fused-ring (bicyclic) bond motifs is 1. The summed E-state index contributed by atoms with van der Waals surface area (Å²) in [6.45, 7) is 3.87. The number of carbonyl (C=O) groups excluding carboxylic acids is 3. The van der Waals surface area contributed by atoms with Crippen LogP contribution in [0.5, 0.6) is 0 Å². The van der Waals surface area contributed by atoms with Gasteiger partial charge in [0, 0.05) is 7.05 Å². The minimum atomic E-state index is -0.554. The number of anilines is 1. The summed E-state index contributed by atoms with van der Waals surface area (Å²) in [6, 6.07) is 5.36. The second-order valence-electron chi connectivity index (χ2n) is 6.70. The van der Waals surface area contributed by atoms with Crippen molar-refractivity contribution < 1.29 is 14.4 Å². The molecule has 0 N–H and O–H groups in total. The molecule has 4 aliphatic rings. The molecular weight excluding hydrogens is 292 g/mol. The largest absolute Gasteiger partial charge is 0.338 e. The summed E-state index contributed by atoms with van der Waals surface area (Å²) in [5, 5.41) is 0. The summed E-state index contributed by atoms with van der Waals surface area (Å²) in [6.07, 6.45) is 3.69. The van der Waals surface area contributed by atoms with Crippen molar-refractivity contribution in [1.29, 1.82) is 0 Å². The molecule has 0 unspecified atom stereocenters. The van der Waals surface area contributed by atoms with Gasteiger partial charge in [0.05, 0.1) is 29.5 Å². The molecule has 118 valence electrons. The Kier molecular flexibility index (Phi) is 2.80. The zero-order valence-electron chi connectivity index (χ0n) is 13.3. The molecular formula is C18H18N2O3. The van der Waals surface area contributed by atoms with Gasteiger partial charge in [-0.3, -0.25) is 14.4 Å². The second kappa shape index (κ2) is 4.54. The molecule has 5 nitrogen and oxygen atoms in total. The van der Waals surface area contributed by atoms with Gasteiger partial charge in [0.15, 0.2) is 0 Å². The Morgan fingerprint density at radius 3 is 2.30 bits per heavy atom. The first-order valence-electron chi connectivity index (χ1n) is 7.82. The van der Waals surface area contributed by atoms with E-state index in [-0.39, 0.29) is 23.8 Å². The molecule has 0 radical (unpaired) electrons. The number of carbonyl (C=O) groups is 3. The van der Waals surface area contributed by atoms with Gasteiger partial charge in [-0.05, 0) is 25.5 Å². The van der Waals surface area contributed by atoms with Crippen LogP contribution in [0.1, 0.15) is 11.1 Å². The van der Waals surface area contributed by atoms with Crippen molar-refractivity contribution in [3.8, 4) is 0 Å². The Bertz CT molecular complexity index is 782. The molecule has 5 rings (SSSR count). The first-order chi connectivity index (χ1) is 10.9. The van der Waals surface area contributed by atoms with Gasteiger partial charge in [0.2, 0.25) is 17.7 Å². The first-order valence-corrected chi connectivity index (χ1v) is 7.82. The van der Waals surface area contributed by atoms with Crippen LogP contribution in [-0.2, 0) is 14.4 Å². The fourth-order valence-electron chi connectivity index (χ4n) is 4.20. The van der Waals surface area contributed by atoms with Crippen molar-refractivity contribution in [2.45, 2.75) is 19.9 Å². The van der Waals surface area contributed by atoms with E-state index in [2.05, 4.69) is 0 Å². The van der Waals surface area contributed by atoms with E-state index in [0.29, 0.717) is 5.69 Å². The number of rotatable bonds is 1. The van der Waals surface area contributed by atoms with Crippen LogP contribution < -0.4 is 4.90 Å². The van der Waals surface area contributed by atoms with Crippen molar-refractivity contribution >= 4 is 23.4 Å². The normalized spacial score (nSPS) is 32.0. The zero-order valence-corrected chi connectivity index (χ0v) is 13.3. The monoisotopic (exact) mass is 310 g/mol. The van der Waals surface area contributed by atoms with Crippen molar-refractivity contribution in [1.82, 2.24) is 4.90 Å². The van der Waals surface area contributed by atoms with E-state index in [0.717, 1.165) is 11.1 Å². The highest BCUT2D eigenvalue weighted by Crippen LogP contribution is 2.46. The highest BCUT2D eigenvalue weighted by molar-refractivity contribution is 6.24. The van der Waals surface area contributed by atoms with Gasteiger partial charge >= 0.3 is 0 Å². The number of likely N-dealkylation sites (N-methyl/N-ethyl adjacent to an activating group) is 1. The fraction of sp³-hybridized carbons (Fsp3) is 0.389. The predicted octanol–water partition coefficient (Wildman–Crippen LogP) is 1.44. The van der Waals surface area contributed by atoms with E-state index in [1.54, 1.807) is 18.0 Å². The van der Waals surface area contributed by atoms with Crippen LogP contribution in [0.4, 0.5) is 5.69 Å². The summed E-state index contributed by atoms with van der Waals surface area (Å²) in [7, 11) is 1.71. The highest BCUT2D eigenvalue weighted by atomic mass is 16.2. The third kappa shape index (κ3) is 1.70. The maximum Gasteiger partial charge on any atom is 0.240 e. The van der Waals surface area contributed by atoms with E-state index in [1.165, 1.54) is 4.90 Å². The first kappa shape index (κ1) is 14.2. The Hall–Kier alpha value is -2.43. The Balaban J connectivity index is 1.81. The number of amides is 3. The molecule has 0 saturated carbocycles. The zero-order chi connectivity index (χ0) is 16.5. The average molecular weight is 310 g/mol. The molecule has 3 amide bonds. The van der Waals surface area contributed by atoms with E-state index in [4.69, 9.17) is 0 Å². The molecule has 2 fully saturated rings. The van der Waals surface area contributed by atoms with Crippen LogP contribution in [0.25, 0.3) is 0 Å². The molecule has 1 aliphatic carbocycles. The molecule has 3 aliphatic heterocycles. The number of aryl methyl sites for hydroxylation is 2. The maximum atomic E-state index is 13.0. The number of nitrogens with zero attached hydrogens (tertiary/aromatic N) is 2. The molecule has 2 bridgehead atoms. The van der Waals surface area contributed by atoms with Crippen LogP contribution in [0, 0.1) is 31.6 Å². The van der Waals surface area contributed by atoms with E-state index < -0.39 is 17.8 Å². The van der Waals surface area contributed by atoms with Crippen LogP contribution in [0.15, 0.2) is 30.4 Å². The lowest BCUT2D eigenvalue weighted by Crippen LogP contribution is -2.57. The molecule has 5 heteroatoms. The number of benzene rings is 1. The van der Waals surface area contributed by atoms with Crippen molar-refractivity contribution in [3.63, 3.8) is 0 Å². The lowest BCUT2D eigenvalue weighted by atomic mass is 9.70. The van der Waals surface area contributed by atoms with Crippen LogP contribution in [0.3, 0.4) is 0 Å². The molecule has 23 heavy (non-hydrogen) atoms. The summed E-state index contributed by atoms with van der Waals surface area (Å²) in [5.74, 6) is -2.02. The van der Waals surface area contributed by atoms with Crippen LogP contribution in [-0.4, -0.2) is 35.7 Å². The molecule has 1 aromatic rings. The third-order valence-electron chi connectivity index (χ3n) is 5.34. The van der Waals surface area contributed by atoms with Crippen molar-refractivity contribution in [2.24, 2.45) is 17.8 Å². The number of hydrogen-bond acceptors (Lipinski definition) is 3. The standard InChI is InChI=1S/C18H18N2O3/c1-9-4-6-12(10(2)8-9)20-17(22)14-11-5-7-13(15(14)18(20)23)19(3)16(11)21/h4-8,11,13-15H,1-3H3/t11-,13-,14-,15+/m0/s1. The minimum absolute atomic E-state index is 0.0672. The van der Waals surface area contributed by atoms with Gasteiger partial charge in [0.1, 0.15) is 0 Å². The fourth-order valence-corrected chi connectivity index (χ4v) is 4.20. The van der Waals surface area contributed by atoms with Gasteiger partial charge in [-0.1, -0.05) is 29.8 Å². The Morgan fingerprint density at radius 2 is 1.61 bits per heavy atom. The predicted molar refractivity (Wildman–Crippen MR) is 84.6 cm³/mol. The number of imide groups is 1. The second-order valence-corrected chi connectivity index (χ2v) is 6.70. The summed E-state index contributed by atoms with van der Waals surface area (Å²) >= 11 is 0. The van der Waals surface area contributed by atoms with Crippen LogP contribution in [0.2, 0.25) is 0 Å². The number of piperidine rings is 1. The van der Waals surface area contributed by atoms with Crippen LogP contribution >= 0.6 is 0 Å². The quantitative estimate of drug-likeness (QED) is 0.582. The average Bonchev–Trinajstić information content (AvgIpc) is 2.77. The molecule has 0 aromatic heterocycles. The SMILES string of the molecule is Cc1ccc(N2C(=O)[C@@H]3[C@H](C2=O)[C@@H]2C=C[C@@H]3C(=O)N2C)c(C)c1. The van der Waals surface area contributed by atoms with Gasteiger partial charge in [-0.15, -0.1) is 0 Å². The van der Waals surface area contributed by atoms with Gasteiger partial charge < -0.3 is 4.90 Å². The molecule has 3 heterocycles. The van der Waals surface area contributed by atoms with Gasteiger partial charge in [0.25, 0.3) is 0 Å². The van der Waals surface area contributed by atoms with Crippen molar-refractivity contribution in [2.75, 3.05) is 11.9 Å². The third-order valence-corrected chi connectivity index (χ3v) is 5.34. The lowest BCUT2D eigenvalue weighted by molar-refractivity contribution is -0.148. The summed E-state index contributed by atoms with van der Waals surface area (Å²) in [4.78, 5) is 41.1. The molecule has 4 atom stereocenters. The Morgan fingerprint density at radius 1 is 0.913 bits per heavy atom. The van der Waals surface area contributed by atoms with E-state index >= 15 is 0 Å². The lowest BCUT2D eigenvalue weighted by Gasteiger charge is -2.44. The van der Waals surface area contributed by atoms with Gasteiger partial charge in [-0.25, -0.2) is 4.90 Å². The maximum absolute atomic E-state index is 13.0. The molecule has 0 spiro atoms. The topological polar surface area (TPSA) is 57.7 Å². The molecule has 1 aromatic carbocycles. The highest BCUT2D eigenvalue weighted by Gasteiger charge is 2.61. The smallest absolute Gasteiger partial charge is 0.240 e. The Labute approximate surface area is 134 Å². The number of hydrogen-bond donors (Lipinski definition) is 0.